The first-order chi connectivity index (χ1) is 8.40. The Bertz CT molecular complexity index is 465. The molecule has 0 aliphatic rings. The summed E-state index contributed by atoms with van der Waals surface area (Å²) in [5, 5.41) is 8.83. The minimum atomic E-state index is -3.43. The zero-order chi connectivity index (χ0) is 13.8. The van der Waals surface area contributed by atoms with E-state index in [2.05, 4.69) is 4.72 Å². The van der Waals surface area contributed by atoms with Crippen LogP contribution in [0, 0.1) is 5.92 Å². The first kappa shape index (κ1) is 15.6. The third kappa shape index (κ3) is 4.05. The van der Waals surface area contributed by atoms with E-state index in [1.165, 1.54) is 11.3 Å². The summed E-state index contributed by atoms with van der Waals surface area (Å²) in [4.78, 5) is 0.885. The highest BCUT2D eigenvalue weighted by molar-refractivity contribution is 7.91. The molecule has 2 N–H and O–H groups in total. The molecular formula is C12H21NO3S2. The van der Waals surface area contributed by atoms with Crippen molar-refractivity contribution in [1.82, 2.24) is 4.72 Å². The molecule has 18 heavy (non-hydrogen) atoms. The average Bonchev–Trinajstić information content (AvgIpc) is 2.75. The Morgan fingerprint density at radius 2 is 2.06 bits per heavy atom. The molecular weight excluding hydrogens is 270 g/mol. The number of aliphatic hydroxyl groups excluding tert-OH is 1. The summed E-state index contributed by atoms with van der Waals surface area (Å²) in [6.45, 7) is 6.01. The molecule has 0 fully saturated rings. The lowest BCUT2D eigenvalue weighted by atomic mass is 10.0. The molecule has 0 aliphatic heterocycles. The van der Waals surface area contributed by atoms with Crippen LogP contribution in [0.15, 0.2) is 16.3 Å². The van der Waals surface area contributed by atoms with Gasteiger partial charge in [0.15, 0.2) is 0 Å². The number of nitrogens with one attached hydrogen (secondary N) is 1. The standard InChI is InChI=1S/C12H21NO3S2/c1-4-11(9(2)3)13-18(15,16)12-6-5-10(17-12)7-8-14/h5-6,9,11,13-14H,4,7-8H2,1-3H3. The van der Waals surface area contributed by atoms with Crippen LogP contribution in [-0.2, 0) is 16.4 Å². The first-order valence-electron chi connectivity index (χ1n) is 6.12. The maximum atomic E-state index is 12.2. The minimum Gasteiger partial charge on any atom is -0.396 e. The smallest absolute Gasteiger partial charge is 0.250 e. The second-order valence-electron chi connectivity index (χ2n) is 4.57. The van der Waals surface area contributed by atoms with Gasteiger partial charge in [-0.2, -0.15) is 0 Å². The molecule has 0 radical (unpaired) electrons. The minimum absolute atomic E-state index is 0.0387. The number of sulfonamides is 1. The Morgan fingerprint density at radius 1 is 1.39 bits per heavy atom. The Kier molecular flexibility index (Phi) is 5.78. The maximum absolute atomic E-state index is 12.2. The van der Waals surface area contributed by atoms with Crippen molar-refractivity contribution >= 4 is 21.4 Å². The monoisotopic (exact) mass is 291 g/mol. The van der Waals surface area contributed by atoms with Crippen molar-refractivity contribution in [2.75, 3.05) is 6.61 Å². The molecule has 0 saturated heterocycles. The van der Waals surface area contributed by atoms with Crippen LogP contribution < -0.4 is 4.72 Å². The number of hydrogen-bond donors (Lipinski definition) is 2. The van der Waals surface area contributed by atoms with Crippen LogP contribution in [0.4, 0.5) is 0 Å². The van der Waals surface area contributed by atoms with Crippen LogP contribution in [0.2, 0.25) is 0 Å². The molecule has 0 bridgehead atoms. The summed E-state index contributed by atoms with van der Waals surface area (Å²) < 4.78 is 27.4. The van der Waals surface area contributed by atoms with Crippen molar-refractivity contribution in [2.24, 2.45) is 5.92 Å². The van der Waals surface area contributed by atoms with Crippen LogP contribution >= 0.6 is 11.3 Å². The van der Waals surface area contributed by atoms with Gasteiger partial charge in [-0.3, -0.25) is 0 Å². The van der Waals surface area contributed by atoms with E-state index in [0.717, 1.165) is 11.3 Å². The molecule has 104 valence electrons. The summed E-state index contributed by atoms with van der Waals surface area (Å²) >= 11 is 1.22. The fourth-order valence-electron chi connectivity index (χ4n) is 1.70. The van der Waals surface area contributed by atoms with Gasteiger partial charge in [0.25, 0.3) is 0 Å². The molecule has 1 unspecified atom stereocenters. The molecule has 0 aliphatic carbocycles. The van der Waals surface area contributed by atoms with Gasteiger partial charge in [0, 0.05) is 23.9 Å². The average molecular weight is 291 g/mol. The summed E-state index contributed by atoms with van der Waals surface area (Å²) in [5.41, 5.74) is 0. The zero-order valence-corrected chi connectivity index (χ0v) is 12.6. The third-order valence-electron chi connectivity index (χ3n) is 2.81. The Morgan fingerprint density at radius 3 is 2.56 bits per heavy atom. The Hall–Kier alpha value is -0.430. The van der Waals surface area contributed by atoms with Gasteiger partial charge < -0.3 is 5.11 Å². The van der Waals surface area contributed by atoms with Crippen molar-refractivity contribution in [3.8, 4) is 0 Å². The molecule has 1 rings (SSSR count). The molecule has 4 nitrogen and oxygen atoms in total. The molecule has 0 spiro atoms. The summed E-state index contributed by atoms with van der Waals surface area (Å²) in [6.07, 6.45) is 1.27. The van der Waals surface area contributed by atoms with E-state index in [1.54, 1.807) is 12.1 Å². The van der Waals surface area contributed by atoms with Crippen LogP contribution in [-0.4, -0.2) is 26.2 Å². The third-order valence-corrected chi connectivity index (χ3v) is 5.94. The highest BCUT2D eigenvalue weighted by Crippen LogP contribution is 2.23. The van der Waals surface area contributed by atoms with Gasteiger partial charge in [0.2, 0.25) is 10.0 Å². The highest BCUT2D eigenvalue weighted by atomic mass is 32.2. The predicted octanol–water partition coefficient (Wildman–Crippen LogP) is 2.00. The molecule has 0 saturated carbocycles. The normalized spacial score (nSPS) is 14.1. The molecule has 0 amide bonds. The van der Waals surface area contributed by atoms with Gasteiger partial charge in [0.1, 0.15) is 4.21 Å². The molecule has 1 heterocycles. The van der Waals surface area contributed by atoms with E-state index in [-0.39, 0.29) is 18.6 Å². The number of aliphatic hydroxyl groups is 1. The SMILES string of the molecule is CCC(NS(=O)(=O)c1ccc(CCO)s1)C(C)C. The van der Waals surface area contributed by atoms with Crippen LogP contribution in [0.5, 0.6) is 0 Å². The lowest BCUT2D eigenvalue weighted by molar-refractivity contribution is 0.300. The fourth-order valence-corrected chi connectivity index (χ4v) is 4.52. The van der Waals surface area contributed by atoms with Crippen molar-refractivity contribution in [3.63, 3.8) is 0 Å². The quantitative estimate of drug-likeness (QED) is 0.807. The van der Waals surface area contributed by atoms with E-state index in [4.69, 9.17) is 5.11 Å². The van der Waals surface area contributed by atoms with Gasteiger partial charge in [0.05, 0.1) is 0 Å². The molecule has 0 aromatic carbocycles. The van der Waals surface area contributed by atoms with Gasteiger partial charge in [-0.25, -0.2) is 13.1 Å². The summed E-state index contributed by atoms with van der Waals surface area (Å²) in [6, 6.07) is 3.31. The molecule has 1 aromatic rings. The lowest BCUT2D eigenvalue weighted by Gasteiger charge is -2.19. The van der Waals surface area contributed by atoms with E-state index in [1.807, 2.05) is 20.8 Å². The van der Waals surface area contributed by atoms with Gasteiger partial charge in [-0.05, 0) is 24.5 Å². The highest BCUT2D eigenvalue weighted by Gasteiger charge is 2.22. The predicted molar refractivity (Wildman–Crippen MR) is 74.3 cm³/mol. The van der Waals surface area contributed by atoms with E-state index in [9.17, 15) is 8.42 Å². The Balaban J connectivity index is 2.85. The summed E-state index contributed by atoms with van der Waals surface area (Å²) in [7, 11) is -3.43. The summed E-state index contributed by atoms with van der Waals surface area (Å²) in [5.74, 6) is 0.265. The second kappa shape index (κ2) is 6.65. The Labute approximate surface area is 113 Å². The van der Waals surface area contributed by atoms with Crippen molar-refractivity contribution in [2.45, 2.75) is 43.9 Å². The van der Waals surface area contributed by atoms with Crippen molar-refractivity contribution < 1.29 is 13.5 Å². The first-order valence-corrected chi connectivity index (χ1v) is 8.42. The maximum Gasteiger partial charge on any atom is 0.250 e. The van der Waals surface area contributed by atoms with E-state index < -0.39 is 10.0 Å². The second-order valence-corrected chi connectivity index (χ2v) is 7.68. The van der Waals surface area contributed by atoms with Crippen molar-refractivity contribution in [1.29, 1.82) is 0 Å². The lowest BCUT2D eigenvalue weighted by Crippen LogP contribution is -2.37. The van der Waals surface area contributed by atoms with E-state index >= 15 is 0 Å². The zero-order valence-electron chi connectivity index (χ0n) is 11.0. The van der Waals surface area contributed by atoms with Crippen LogP contribution in [0.25, 0.3) is 0 Å². The van der Waals surface area contributed by atoms with Gasteiger partial charge in [-0.1, -0.05) is 20.8 Å². The number of thiophene rings is 1. The number of hydrogen-bond acceptors (Lipinski definition) is 4. The number of rotatable bonds is 7. The van der Waals surface area contributed by atoms with Gasteiger partial charge in [-0.15, -0.1) is 11.3 Å². The topological polar surface area (TPSA) is 66.4 Å². The molecule has 1 aromatic heterocycles. The van der Waals surface area contributed by atoms with Crippen LogP contribution in [0.1, 0.15) is 32.1 Å². The molecule has 6 heteroatoms. The van der Waals surface area contributed by atoms with Crippen molar-refractivity contribution in [3.05, 3.63) is 17.0 Å². The molecule has 1 atom stereocenters. The van der Waals surface area contributed by atoms with Gasteiger partial charge >= 0.3 is 0 Å². The fraction of sp³-hybridized carbons (Fsp3) is 0.667. The van der Waals surface area contributed by atoms with E-state index in [0.29, 0.717) is 10.6 Å². The van der Waals surface area contributed by atoms with Crippen LogP contribution in [0.3, 0.4) is 0 Å². The largest absolute Gasteiger partial charge is 0.396 e.